The molecule has 9 heteroatoms. The Hall–Kier alpha value is -3.14. The van der Waals surface area contributed by atoms with Crippen molar-refractivity contribution in [2.45, 2.75) is 6.10 Å². The first-order valence-electron chi connectivity index (χ1n) is 11.2. The lowest BCUT2D eigenvalue weighted by atomic mass is 10.0. The van der Waals surface area contributed by atoms with Crippen molar-refractivity contribution in [3.8, 4) is 5.75 Å². The lowest BCUT2D eigenvalue weighted by Gasteiger charge is -2.35. The highest BCUT2D eigenvalue weighted by Crippen LogP contribution is 2.27. The van der Waals surface area contributed by atoms with E-state index in [0.717, 1.165) is 66.6 Å². The number of methoxy groups -OCH3 is 1. The van der Waals surface area contributed by atoms with Crippen molar-refractivity contribution in [2.75, 3.05) is 52.9 Å². The molecule has 0 bridgehead atoms. The van der Waals surface area contributed by atoms with Crippen molar-refractivity contribution in [2.24, 2.45) is 0 Å². The summed E-state index contributed by atoms with van der Waals surface area (Å²) in [5.74, 6) is -1.33. The number of aliphatic hydroxyl groups is 1. The van der Waals surface area contributed by atoms with E-state index in [1.165, 1.54) is 0 Å². The third-order valence-electron chi connectivity index (χ3n) is 6.08. The molecule has 1 atom stereocenters. The topological polar surface area (TPSA) is 77.9 Å². The first-order chi connectivity index (χ1) is 16.4. The smallest absolute Gasteiger partial charge is 0.251 e. The number of hydrogen-bond donors (Lipinski definition) is 2. The highest BCUT2D eigenvalue weighted by molar-refractivity contribution is 5.94. The Bertz CT molecular complexity index is 1130. The van der Waals surface area contributed by atoms with E-state index < -0.39 is 23.6 Å². The van der Waals surface area contributed by atoms with Crippen LogP contribution in [0.2, 0.25) is 0 Å². The van der Waals surface area contributed by atoms with Crippen LogP contribution in [-0.2, 0) is 0 Å². The first kappa shape index (κ1) is 24.0. The van der Waals surface area contributed by atoms with Gasteiger partial charge in [-0.1, -0.05) is 0 Å². The van der Waals surface area contributed by atoms with Crippen molar-refractivity contribution in [3.63, 3.8) is 0 Å². The Morgan fingerprint density at radius 2 is 1.79 bits per heavy atom. The monoisotopic (exact) mass is 470 g/mol. The van der Waals surface area contributed by atoms with Gasteiger partial charge < -0.3 is 15.2 Å². The van der Waals surface area contributed by atoms with Crippen LogP contribution >= 0.6 is 0 Å². The number of hydrogen-bond acceptors (Lipinski definition) is 6. The molecule has 1 aliphatic heterocycles. The molecule has 7 nitrogen and oxygen atoms in total. The number of aromatic nitrogens is 1. The van der Waals surface area contributed by atoms with Crippen LogP contribution in [-0.4, -0.2) is 78.7 Å². The standard InChI is InChI=1S/C25H28F2N4O3/c1-34-20-2-3-23-22(15-20)21(4-5-28-23)24(32)16-31-10-8-30(9-11-31)7-6-29-25(33)17-12-18(26)14-19(27)13-17/h2-5,12-15,24,32H,6-11,16H2,1H3,(H,29,33)/t24-/m0/s1. The Balaban J connectivity index is 1.25. The number of piperazine rings is 1. The molecule has 0 spiro atoms. The Morgan fingerprint density at radius 3 is 2.50 bits per heavy atom. The predicted molar refractivity (Wildman–Crippen MR) is 125 cm³/mol. The van der Waals surface area contributed by atoms with Gasteiger partial charge in [0.25, 0.3) is 5.91 Å². The molecule has 1 aliphatic rings. The minimum atomic E-state index is -0.776. The number of fused-ring (bicyclic) bond motifs is 1. The van der Waals surface area contributed by atoms with Crippen LogP contribution in [0.1, 0.15) is 22.0 Å². The van der Waals surface area contributed by atoms with Crippen LogP contribution in [0.3, 0.4) is 0 Å². The van der Waals surface area contributed by atoms with Crippen LogP contribution < -0.4 is 10.1 Å². The molecule has 34 heavy (non-hydrogen) atoms. The molecule has 0 radical (unpaired) electrons. The second kappa shape index (κ2) is 10.9. The van der Waals surface area contributed by atoms with Crippen LogP contribution in [0.5, 0.6) is 5.75 Å². The number of amides is 1. The third-order valence-corrected chi connectivity index (χ3v) is 6.08. The number of ether oxygens (including phenoxy) is 1. The van der Waals surface area contributed by atoms with Gasteiger partial charge >= 0.3 is 0 Å². The largest absolute Gasteiger partial charge is 0.497 e. The molecular formula is C25H28F2N4O3. The summed E-state index contributed by atoms with van der Waals surface area (Å²) in [7, 11) is 1.61. The van der Waals surface area contributed by atoms with Crippen molar-refractivity contribution in [1.29, 1.82) is 0 Å². The maximum absolute atomic E-state index is 13.3. The number of benzene rings is 2. The Morgan fingerprint density at radius 1 is 1.09 bits per heavy atom. The number of pyridine rings is 1. The molecule has 0 unspecified atom stereocenters. The molecule has 1 fully saturated rings. The SMILES string of the molecule is COc1ccc2nccc([C@@H](O)CN3CCN(CCNC(=O)c4cc(F)cc(F)c4)CC3)c2c1. The fourth-order valence-electron chi connectivity index (χ4n) is 4.22. The summed E-state index contributed by atoms with van der Waals surface area (Å²) < 4.78 is 31.9. The van der Waals surface area contributed by atoms with Crippen molar-refractivity contribution < 1.29 is 23.4 Å². The average Bonchev–Trinajstić information content (AvgIpc) is 2.83. The predicted octanol–water partition coefficient (Wildman–Crippen LogP) is 2.60. The number of aliphatic hydroxyl groups excluding tert-OH is 1. The maximum Gasteiger partial charge on any atom is 0.251 e. The van der Waals surface area contributed by atoms with Gasteiger partial charge in [-0.05, 0) is 42.0 Å². The molecule has 0 saturated carbocycles. The Kier molecular flexibility index (Phi) is 7.66. The number of rotatable bonds is 8. The number of nitrogens with one attached hydrogen (secondary N) is 1. The summed E-state index contributed by atoms with van der Waals surface area (Å²) in [5, 5.41) is 14.5. The van der Waals surface area contributed by atoms with Gasteiger partial charge in [0.05, 0.1) is 18.7 Å². The van der Waals surface area contributed by atoms with Crippen molar-refractivity contribution >= 4 is 16.8 Å². The molecule has 2 N–H and O–H groups in total. The summed E-state index contributed by atoms with van der Waals surface area (Å²) in [4.78, 5) is 20.9. The highest BCUT2D eigenvalue weighted by Gasteiger charge is 2.21. The molecule has 0 aliphatic carbocycles. The number of carbonyl (C=O) groups excluding carboxylic acids is 1. The molecule has 1 aromatic heterocycles. The molecule has 2 heterocycles. The van der Waals surface area contributed by atoms with E-state index >= 15 is 0 Å². The van der Waals surface area contributed by atoms with Crippen LogP contribution in [0.25, 0.3) is 10.9 Å². The molecule has 1 saturated heterocycles. The fraction of sp³-hybridized carbons (Fsp3) is 0.360. The van der Waals surface area contributed by atoms with E-state index in [0.29, 0.717) is 19.6 Å². The summed E-state index contributed by atoms with van der Waals surface area (Å²) in [6.45, 7) is 4.67. The second-order valence-electron chi connectivity index (χ2n) is 8.36. The van der Waals surface area contributed by atoms with E-state index in [4.69, 9.17) is 4.74 Å². The first-order valence-corrected chi connectivity index (χ1v) is 11.2. The third kappa shape index (κ3) is 5.85. The number of halogens is 2. The summed E-state index contributed by atoms with van der Waals surface area (Å²) in [5.41, 5.74) is 1.60. The second-order valence-corrected chi connectivity index (χ2v) is 8.36. The van der Waals surface area contributed by atoms with Gasteiger partial charge in [-0.25, -0.2) is 8.78 Å². The summed E-state index contributed by atoms with van der Waals surface area (Å²) in [6.07, 6.45) is 1.05. The fourth-order valence-corrected chi connectivity index (χ4v) is 4.22. The van der Waals surface area contributed by atoms with Crippen LogP contribution in [0.15, 0.2) is 48.7 Å². The van der Waals surface area contributed by atoms with Crippen molar-refractivity contribution in [1.82, 2.24) is 20.1 Å². The minimum Gasteiger partial charge on any atom is -0.497 e. The van der Waals surface area contributed by atoms with Crippen molar-refractivity contribution in [3.05, 3.63) is 71.4 Å². The van der Waals surface area contributed by atoms with Gasteiger partial charge in [-0.2, -0.15) is 0 Å². The normalized spacial score (nSPS) is 15.9. The number of β-amino-alcohol motifs (C(OH)–C–C–N with tert-alkyl or cyclic N) is 1. The number of carbonyl (C=O) groups is 1. The molecule has 180 valence electrons. The zero-order valence-corrected chi connectivity index (χ0v) is 19.0. The minimum absolute atomic E-state index is 0.0300. The van der Waals surface area contributed by atoms with E-state index in [-0.39, 0.29) is 5.56 Å². The zero-order chi connectivity index (χ0) is 24.1. The van der Waals surface area contributed by atoms with Gasteiger partial charge in [0.2, 0.25) is 0 Å². The summed E-state index contributed by atoms with van der Waals surface area (Å²) in [6, 6.07) is 10.2. The highest BCUT2D eigenvalue weighted by atomic mass is 19.1. The van der Waals surface area contributed by atoms with E-state index in [1.807, 2.05) is 24.3 Å². The van der Waals surface area contributed by atoms with E-state index in [9.17, 15) is 18.7 Å². The Labute approximate surface area is 197 Å². The lowest BCUT2D eigenvalue weighted by molar-refractivity contribution is 0.0725. The molecule has 2 aromatic carbocycles. The molecular weight excluding hydrogens is 442 g/mol. The van der Waals surface area contributed by atoms with Gasteiger partial charge in [-0.3, -0.25) is 19.6 Å². The quantitative estimate of drug-likeness (QED) is 0.527. The van der Waals surface area contributed by atoms with E-state index in [1.54, 1.807) is 13.3 Å². The van der Waals surface area contributed by atoms with Gasteiger partial charge in [0.1, 0.15) is 17.4 Å². The van der Waals surface area contributed by atoms with Gasteiger partial charge in [0.15, 0.2) is 0 Å². The lowest BCUT2D eigenvalue weighted by Crippen LogP contribution is -2.49. The van der Waals surface area contributed by atoms with Crippen LogP contribution in [0.4, 0.5) is 8.78 Å². The van der Waals surface area contributed by atoms with Gasteiger partial charge in [-0.15, -0.1) is 0 Å². The van der Waals surface area contributed by atoms with E-state index in [2.05, 4.69) is 20.1 Å². The average molecular weight is 471 g/mol. The molecule has 3 aromatic rings. The van der Waals surface area contributed by atoms with Crippen LogP contribution in [0, 0.1) is 11.6 Å². The maximum atomic E-state index is 13.3. The molecule has 1 amide bonds. The van der Waals surface area contributed by atoms with Gasteiger partial charge in [0, 0.05) is 69.0 Å². The molecule has 4 rings (SSSR count). The number of nitrogens with zero attached hydrogens (tertiary/aromatic N) is 3. The zero-order valence-electron chi connectivity index (χ0n) is 19.0. The summed E-state index contributed by atoms with van der Waals surface area (Å²) >= 11 is 0.